The molecule has 0 saturated heterocycles. The molecule has 3 nitrogen and oxygen atoms in total. The van der Waals surface area contributed by atoms with Gasteiger partial charge in [0.15, 0.2) is 0 Å². The molecular weight excluding hydrogens is 308 g/mol. The summed E-state index contributed by atoms with van der Waals surface area (Å²) in [5, 5.41) is 13.4. The number of hydrogen-bond acceptors (Lipinski definition) is 3. The second-order valence-electron chi connectivity index (χ2n) is 5.24. The zero-order valence-electron chi connectivity index (χ0n) is 12.5. The molecule has 4 heteroatoms. The molecule has 0 saturated carbocycles. The summed E-state index contributed by atoms with van der Waals surface area (Å²) in [5.74, 6) is 0. The van der Waals surface area contributed by atoms with E-state index in [9.17, 15) is 5.11 Å². The van der Waals surface area contributed by atoms with E-state index in [-0.39, 0.29) is 12.6 Å². The average molecular weight is 325 g/mol. The number of halogens is 1. The standard InChI is InChI=1S/C19H17ClN2O/c20-17-7-6-14(13-23)12-18(17)22-19(15-4-2-1-3-5-15)16-8-10-21-11-9-16/h1-12,19,22-23H,13H2. The molecule has 0 aliphatic heterocycles. The number of pyridine rings is 1. The van der Waals surface area contributed by atoms with Gasteiger partial charge in [-0.1, -0.05) is 48.0 Å². The van der Waals surface area contributed by atoms with Crippen molar-refractivity contribution < 1.29 is 5.11 Å². The van der Waals surface area contributed by atoms with Crippen LogP contribution >= 0.6 is 11.6 Å². The van der Waals surface area contributed by atoms with Gasteiger partial charge in [0.05, 0.1) is 23.4 Å². The number of rotatable bonds is 5. The summed E-state index contributed by atoms with van der Waals surface area (Å²) in [7, 11) is 0. The van der Waals surface area contributed by atoms with E-state index in [1.54, 1.807) is 18.5 Å². The predicted molar refractivity (Wildman–Crippen MR) is 93.5 cm³/mol. The van der Waals surface area contributed by atoms with E-state index in [0.29, 0.717) is 5.02 Å². The van der Waals surface area contributed by atoms with Gasteiger partial charge in [-0.3, -0.25) is 4.98 Å². The van der Waals surface area contributed by atoms with Crippen molar-refractivity contribution in [2.24, 2.45) is 0 Å². The minimum Gasteiger partial charge on any atom is -0.392 e. The first-order valence-electron chi connectivity index (χ1n) is 7.38. The Morgan fingerprint density at radius 1 is 0.957 bits per heavy atom. The fraction of sp³-hybridized carbons (Fsp3) is 0.105. The van der Waals surface area contributed by atoms with Crippen LogP contribution in [0.15, 0.2) is 73.1 Å². The van der Waals surface area contributed by atoms with Crippen LogP contribution in [0.2, 0.25) is 5.02 Å². The SMILES string of the molecule is OCc1ccc(Cl)c(NC(c2ccccc2)c2ccncc2)c1. The van der Waals surface area contributed by atoms with Gasteiger partial charge in [0.2, 0.25) is 0 Å². The Hall–Kier alpha value is -2.36. The number of nitrogens with zero attached hydrogens (tertiary/aromatic N) is 1. The van der Waals surface area contributed by atoms with Crippen molar-refractivity contribution in [1.29, 1.82) is 0 Å². The first-order valence-corrected chi connectivity index (χ1v) is 7.76. The molecule has 0 aliphatic carbocycles. The topological polar surface area (TPSA) is 45.1 Å². The van der Waals surface area contributed by atoms with Crippen LogP contribution in [0.5, 0.6) is 0 Å². The summed E-state index contributed by atoms with van der Waals surface area (Å²) in [4.78, 5) is 4.09. The highest BCUT2D eigenvalue weighted by molar-refractivity contribution is 6.33. The third-order valence-electron chi connectivity index (χ3n) is 3.69. The molecule has 1 heterocycles. The first kappa shape index (κ1) is 15.5. The molecule has 1 unspecified atom stereocenters. The van der Waals surface area contributed by atoms with E-state index in [1.807, 2.05) is 42.5 Å². The van der Waals surface area contributed by atoms with E-state index in [2.05, 4.69) is 22.4 Å². The van der Waals surface area contributed by atoms with Crippen molar-refractivity contribution in [3.63, 3.8) is 0 Å². The van der Waals surface area contributed by atoms with Crippen LogP contribution in [-0.2, 0) is 6.61 Å². The highest BCUT2D eigenvalue weighted by Crippen LogP contribution is 2.31. The fourth-order valence-corrected chi connectivity index (χ4v) is 2.67. The lowest BCUT2D eigenvalue weighted by Gasteiger charge is -2.22. The van der Waals surface area contributed by atoms with Gasteiger partial charge in [0.1, 0.15) is 0 Å². The lowest BCUT2D eigenvalue weighted by Crippen LogP contribution is -2.13. The van der Waals surface area contributed by atoms with Crippen molar-refractivity contribution in [1.82, 2.24) is 4.98 Å². The van der Waals surface area contributed by atoms with Gasteiger partial charge in [0.25, 0.3) is 0 Å². The Balaban J connectivity index is 2.00. The minimum absolute atomic E-state index is 0.0168. The van der Waals surface area contributed by atoms with Crippen molar-refractivity contribution in [2.75, 3.05) is 5.32 Å². The number of benzene rings is 2. The third-order valence-corrected chi connectivity index (χ3v) is 4.02. The van der Waals surface area contributed by atoms with Crippen LogP contribution in [-0.4, -0.2) is 10.1 Å². The largest absolute Gasteiger partial charge is 0.392 e. The molecule has 3 rings (SSSR count). The number of anilines is 1. The fourth-order valence-electron chi connectivity index (χ4n) is 2.50. The number of aliphatic hydroxyl groups excluding tert-OH is 1. The summed E-state index contributed by atoms with van der Waals surface area (Å²) in [6.45, 7) is -0.0168. The molecular formula is C19H17ClN2O. The Labute approximate surface area is 140 Å². The zero-order valence-corrected chi connectivity index (χ0v) is 13.2. The van der Waals surface area contributed by atoms with Crippen LogP contribution in [0.25, 0.3) is 0 Å². The van der Waals surface area contributed by atoms with Crippen LogP contribution in [0.4, 0.5) is 5.69 Å². The van der Waals surface area contributed by atoms with E-state index in [0.717, 1.165) is 22.4 Å². The smallest absolute Gasteiger partial charge is 0.0769 e. The Bertz CT molecular complexity index is 723. The van der Waals surface area contributed by atoms with Gasteiger partial charge in [-0.2, -0.15) is 0 Å². The van der Waals surface area contributed by atoms with Gasteiger partial charge in [-0.15, -0.1) is 0 Å². The van der Waals surface area contributed by atoms with Crippen LogP contribution < -0.4 is 5.32 Å². The molecule has 1 atom stereocenters. The molecule has 23 heavy (non-hydrogen) atoms. The number of hydrogen-bond donors (Lipinski definition) is 2. The van der Waals surface area contributed by atoms with Crippen molar-refractivity contribution in [2.45, 2.75) is 12.6 Å². The zero-order chi connectivity index (χ0) is 16.1. The highest BCUT2D eigenvalue weighted by atomic mass is 35.5. The molecule has 0 fully saturated rings. The minimum atomic E-state index is -0.0503. The highest BCUT2D eigenvalue weighted by Gasteiger charge is 2.15. The lowest BCUT2D eigenvalue weighted by atomic mass is 9.99. The Morgan fingerprint density at radius 3 is 2.35 bits per heavy atom. The number of aromatic nitrogens is 1. The quantitative estimate of drug-likeness (QED) is 0.730. The normalized spacial score (nSPS) is 11.9. The van der Waals surface area contributed by atoms with Crippen LogP contribution in [0.1, 0.15) is 22.7 Å². The summed E-state index contributed by atoms with van der Waals surface area (Å²) < 4.78 is 0. The third kappa shape index (κ3) is 3.70. The first-order chi connectivity index (χ1) is 11.3. The summed E-state index contributed by atoms with van der Waals surface area (Å²) in [6.07, 6.45) is 3.55. The number of nitrogens with one attached hydrogen (secondary N) is 1. The molecule has 0 aliphatic rings. The summed E-state index contributed by atoms with van der Waals surface area (Å²) in [6, 6.07) is 19.6. The summed E-state index contributed by atoms with van der Waals surface area (Å²) in [5.41, 5.74) is 3.84. The van der Waals surface area contributed by atoms with Crippen molar-refractivity contribution in [3.8, 4) is 0 Å². The van der Waals surface area contributed by atoms with E-state index in [1.165, 1.54) is 0 Å². The van der Waals surface area contributed by atoms with E-state index >= 15 is 0 Å². The monoisotopic (exact) mass is 324 g/mol. The van der Waals surface area contributed by atoms with E-state index < -0.39 is 0 Å². The molecule has 1 aromatic heterocycles. The van der Waals surface area contributed by atoms with Gasteiger partial charge in [-0.05, 0) is 41.0 Å². The van der Waals surface area contributed by atoms with Gasteiger partial charge in [-0.25, -0.2) is 0 Å². The molecule has 0 spiro atoms. The van der Waals surface area contributed by atoms with E-state index in [4.69, 9.17) is 11.6 Å². The summed E-state index contributed by atoms with van der Waals surface area (Å²) >= 11 is 6.32. The molecule has 2 aromatic carbocycles. The molecule has 0 radical (unpaired) electrons. The average Bonchev–Trinajstić information content (AvgIpc) is 2.62. The van der Waals surface area contributed by atoms with Crippen molar-refractivity contribution in [3.05, 3.63) is 94.8 Å². The second-order valence-corrected chi connectivity index (χ2v) is 5.65. The maximum atomic E-state index is 9.34. The van der Waals surface area contributed by atoms with Crippen molar-refractivity contribution >= 4 is 17.3 Å². The predicted octanol–water partition coefficient (Wildman–Crippen LogP) is 4.43. The van der Waals surface area contributed by atoms with Gasteiger partial charge >= 0.3 is 0 Å². The van der Waals surface area contributed by atoms with Gasteiger partial charge in [0, 0.05) is 12.4 Å². The Morgan fingerprint density at radius 2 is 1.65 bits per heavy atom. The van der Waals surface area contributed by atoms with Crippen LogP contribution in [0.3, 0.4) is 0 Å². The lowest BCUT2D eigenvalue weighted by molar-refractivity contribution is 0.282. The number of aliphatic hydroxyl groups is 1. The molecule has 0 bridgehead atoms. The maximum absolute atomic E-state index is 9.34. The molecule has 2 N–H and O–H groups in total. The second kappa shape index (κ2) is 7.27. The molecule has 3 aromatic rings. The molecule has 0 amide bonds. The molecule has 116 valence electrons. The maximum Gasteiger partial charge on any atom is 0.0769 e. The van der Waals surface area contributed by atoms with Crippen LogP contribution in [0, 0.1) is 0 Å². The van der Waals surface area contributed by atoms with Gasteiger partial charge < -0.3 is 10.4 Å². The Kier molecular flexibility index (Phi) is 4.91.